The van der Waals surface area contributed by atoms with E-state index in [-0.39, 0.29) is 18.9 Å². The van der Waals surface area contributed by atoms with Crippen LogP contribution < -0.4 is 5.32 Å². The summed E-state index contributed by atoms with van der Waals surface area (Å²) in [4.78, 5) is 13.4. The number of rotatable bonds is 61. The average Bonchev–Trinajstić information content (AvgIpc) is 0.851. The lowest BCUT2D eigenvalue weighted by Gasteiger charge is -2.46. The summed E-state index contributed by atoms with van der Waals surface area (Å²) in [6, 6.07) is -0.933. The summed E-state index contributed by atoms with van der Waals surface area (Å²) in [7, 11) is 0. The van der Waals surface area contributed by atoms with Gasteiger partial charge < -0.3 is 65.1 Å². The maximum absolute atomic E-state index is 13.4. The van der Waals surface area contributed by atoms with Crippen LogP contribution in [0.1, 0.15) is 290 Å². The van der Waals surface area contributed by atoms with Crippen molar-refractivity contribution < 1.29 is 64.6 Å². The zero-order chi connectivity index (χ0) is 67.3. The van der Waals surface area contributed by atoms with Crippen molar-refractivity contribution in [2.45, 2.75) is 364 Å². The maximum atomic E-state index is 13.4. The quantitative estimate of drug-likeness (QED) is 0.0204. The summed E-state index contributed by atoms with van der Waals surface area (Å²) in [5.74, 6) is -0.255. The van der Waals surface area contributed by atoms with Gasteiger partial charge in [0, 0.05) is 6.42 Å². The fourth-order valence-corrected chi connectivity index (χ4v) is 11.8. The van der Waals surface area contributed by atoms with Gasteiger partial charge in [-0.05, 0) is 83.5 Å². The minimum absolute atomic E-state index is 0.255. The molecule has 0 aromatic heterocycles. The third-order valence-electron chi connectivity index (χ3n) is 17.7. The molecule has 0 radical (unpaired) electrons. The van der Waals surface area contributed by atoms with E-state index in [1.807, 2.05) is 6.08 Å². The first-order valence-electron chi connectivity index (χ1n) is 37.6. The summed E-state index contributed by atoms with van der Waals surface area (Å²) in [6.07, 6.45) is 72.8. The van der Waals surface area contributed by atoms with Gasteiger partial charge in [0.1, 0.15) is 48.8 Å². The molecular formula is C79H137NO13. The highest BCUT2D eigenvalue weighted by atomic mass is 16.7. The van der Waals surface area contributed by atoms with Gasteiger partial charge in [-0.15, -0.1) is 0 Å². The normalized spacial score (nSPS) is 23.2. The number of allylic oxidation sites excluding steroid dienone is 17. The first-order valence-corrected chi connectivity index (χ1v) is 37.6. The van der Waals surface area contributed by atoms with E-state index in [1.165, 1.54) is 154 Å². The predicted octanol–water partition coefficient (Wildman–Crippen LogP) is 16.3. The summed E-state index contributed by atoms with van der Waals surface area (Å²) >= 11 is 0. The molecule has 2 rings (SSSR count). The van der Waals surface area contributed by atoms with E-state index in [2.05, 4.69) is 116 Å². The molecule has 2 fully saturated rings. The van der Waals surface area contributed by atoms with Crippen LogP contribution in [0.3, 0.4) is 0 Å². The SMILES string of the molecule is CC/C=C\C/C=C\C/C=C\C/C=C\C/C=C\C/C=C\C/C=C\C/C=C\CCCCCCCCC(=O)NC(COC1OC(CO)C(OC2OC(CO)C(O)C(O)C2O)C(O)C1O)C(O)/C=C/CCCCCCCCCCCCCCCCCCCCCCCCCCCC. The van der Waals surface area contributed by atoms with E-state index in [0.717, 1.165) is 109 Å². The lowest BCUT2D eigenvalue weighted by atomic mass is 9.97. The van der Waals surface area contributed by atoms with Crippen molar-refractivity contribution in [3.63, 3.8) is 0 Å². The number of hydrogen-bond acceptors (Lipinski definition) is 13. The molecule has 2 aliphatic heterocycles. The standard InChI is InChI=1S/C79H137NO13/c1-3-5-7-9-11-13-15-17-19-21-23-25-27-29-31-33-34-35-37-39-41-43-45-47-49-51-53-55-57-59-61-63-71(84)80-67(66-90-78-76(89)74(87)77(70(65-82)92-78)93-79-75(88)73(86)72(85)69(64-81)91-79)68(83)62-60-58-56-54-52-50-48-46-44-42-40-38-36-32-30-28-26-24-22-20-18-16-14-12-10-8-6-4-2/h5,7,11,13,17,19,23,25,29,31,34-35,39,41,45,47,60,62,67-70,72-79,81-83,85-89H,3-4,6,8-10,12,14-16,18,20-22,24,26-28,30,32-33,36-38,40,42-44,46,48-59,61,63-66H2,1-2H3,(H,80,84)/b7-5-,13-11-,19-17-,25-23-,31-29-,35-34-,41-39-,47-45-,62-60+. The molecule has 12 unspecified atom stereocenters. The van der Waals surface area contributed by atoms with Crippen LogP contribution in [0.25, 0.3) is 0 Å². The smallest absolute Gasteiger partial charge is 0.220 e. The lowest BCUT2D eigenvalue weighted by molar-refractivity contribution is -0.359. The largest absolute Gasteiger partial charge is 0.394 e. The Morgan fingerprint density at radius 3 is 1.14 bits per heavy atom. The summed E-state index contributed by atoms with van der Waals surface area (Å²) in [5.41, 5.74) is 0. The molecule has 14 heteroatoms. The van der Waals surface area contributed by atoms with Crippen LogP contribution in [-0.2, 0) is 23.7 Å². The topological polar surface area (TPSA) is 228 Å². The van der Waals surface area contributed by atoms with Gasteiger partial charge >= 0.3 is 0 Å². The Morgan fingerprint density at radius 2 is 0.742 bits per heavy atom. The van der Waals surface area contributed by atoms with Crippen LogP contribution >= 0.6 is 0 Å². The Kier molecular flexibility index (Phi) is 57.3. The van der Waals surface area contributed by atoms with E-state index in [1.54, 1.807) is 6.08 Å². The summed E-state index contributed by atoms with van der Waals surface area (Å²) < 4.78 is 22.9. The minimum atomic E-state index is -1.80. The van der Waals surface area contributed by atoms with E-state index in [9.17, 15) is 45.6 Å². The van der Waals surface area contributed by atoms with Crippen LogP contribution in [-0.4, -0.2) is 140 Å². The molecule has 536 valence electrons. The van der Waals surface area contributed by atoms with Gasteiger partial charge in [0.05, 0.1) is 32.0 Å². The molecule has 0 aromatic carbocycles. The minimum Gasteiger partial charge on any atom is -0.394 e. The molecule has 0 spiro atoms. The summed E-state index contributed by atoms with van der Waals surface area (Å²) in [5, 5.41) is 87.6. The van der Waals surface area contributed by atoms with Crippen molar-refractivity contribution in [3.05, 3.63) is 109 Å². The Hall–Kier alpha value is -3.35. The molecule has 0 aliphatic carbocycles. The molecule has 1 amide bonds. The van der Waals surface area contributed by atoms with Crippen LogP contribution in [0.4, 0.5) is 0 Å². The Labute approximate surface area is 566 Å². The number of aliphatic hydroxyl groups is 8. The van der Waals surface area contributed by atoms with Crippen LogP contribution in [0.5, 0.6) is 0 Å². The van der Waals surface area contributed by atoms with E-state index in [4.69, 9.17) is 18.9 Å². The van der Waals surface area contributed by atoms with Gasteiger partial charge in [-0.2, -0.15) is 0 Å². The van der Waals surface area contributed by atoms with Crippen LogP contribution in [0.2, 0.25) is 0 Å². The molecule has 0 saturated carbocycles. The van der Waals surface area contributed by atoms with Crippen molar-refractivity contribution in [1.82, 2.24) is 5.32 Å². The van der Waals surface area contributed by atoms with Crippen molar-refractivity contribution in [2.24, 2.45) is 0 Å². The third kappa shape index (κ3) is 45.7. The first kappa shape index (κ1) is 85.7. The van der Waals surface area contributed by atoms with Gasteiger partial charge in [-0.3, -0.25) is 4.79 Å². The molecule has 0 bridgehead atoms. The predicted molar refractivity (Wildman–Crippen MR) is 382 cm³/mol. The maximum Gasteiger partial charge on any atom is 0.220 e. The highest BCUT2D eigenvalue weighted by molar-refractivity contribution is 5.76. The number of hydrogen-bond donors (Lipinski definition) is 9. The van der Waals surface area contributed by atoms with Gasteiger partial charge in [-0.1, -0.05) is 309 Å². The monoisotopic (exact) mass is 1310 g/mol. The second-order valence-corrected chi connectivity index (χ2v) is 26.0. The molecule has 0 aromatic rings. The van der Waals surface area contributed by atoms with E-state index >= 15 is 0 Å². The number of ether oxygens (including phenoxy) is 4. The average molecular weight is 1310 g/mol. The molecule has 14 nitrogen and oxygen atoms in total. The highest BCUT2D eigenvalue weighted by Crippen LogP contribution is 2.30. The number of unbranched alkanes of at least 4 members (excludes halogenated alkanes) is 32. The highest BCUT2D eigenvalue weighted by Gasteiger charge is 2.51. The van der Waals surface area contributed by atoms with Crippen LogP contribution in [0, 0.1) is 0 Å². The zero-order valence-corrected chi connectivity index (χ0v) is 58.5. The van der Waals surface area contributed by atoms with Crippen molar-refractivity contribution in [1.29, 1.82) is 0 Å². The fraction of sp³-hybridized carbons (Fsp3) is 0.759. The van der Waals surface area contributed by atoms with Gasteiger partial charge in [0.2, 0.25) is 5.91 Å². The Morgan fingerprint density at radius 1 is 0.398 bits per heavy atom. The number of carbonyl (C=O) groups excluding carboxylic acids is 1. The van der Waals surface area contributed by atoms with Gasteiger partial charge in [0.15, 0.2) is 12.6 Å². The third-order valence-corrected chi connectivity index (χ3v) is 17.7. The molecule has 2 heterocycles. The molecule has 2 saturated heterocycles. The molecular weight excluding hydrogens is 1170 g/mol. The van der Waals surface area contributed by atoms with E-state index < -0.39 is 86.8 Å². The lowest BCUT2D eigenvalue weighted by Crippen LogP contribution is -2.65. The van der Waals surface area contributed by atoms with Crippen molar-refractivity contribution in [2.75, 3.05) is 19.8 Å². The van der Waals surface area contributed by atoms with Crippen molar-refractivity contribution in [3.8, 4) is 0 Å². The van der Waals surface area contributed by atoms with E-state index in [0.29, 0.717) is 6.42 Å². The second kappa shape index (κ2) is 62.2. The number of aliphatic hydroxyl groups excluding tert-OH is 8. The first-order chi connectivity index (χ1) is 45.6. The number of carbonyl (C=O) groups is 1. The number of nitrogens with one attached hydrogen (secondary N) is 1. The molecule has 2 aliphatic rings. The van der Waals surface area contributed by atoms with Gasteiger partial charge in [0.25, 0.3) is 0 Å². The zero-order valence-electron chi connectivity index (χ0n) is 58.5. The second-order valence-electron chi connectivity index (χ2n) is 26.0. The van der Waals surface area contributed by atoms with Crippen molar-refractivity contribution >= 4 is 5.91 Å². The number of amides is 1. The molecule has 12 atom stereocenters. The summed E-state index contributed by atoms with van der Waals surface area (Å²) in [6.45, 7) is 2.70. The molecule has 93 heavy (non-hydrogen) atoms. The Bertz CT molecular complexity index is 1980. The molecule has 9 N–H and O–H groups in total. The Balaban J connectivity index is 1.68. The fourth-order valence-electron chi connectivity index (χ4n) is 11.8. The van der Waals surface area contributed by atoms with Gasteiger partial charge in [-0.25, -0.2) is 0 Å². The van der Waals surface area contributed by atoms with Crippen LogP contribution in [0.15, 0.2) is 109 Å².